The first-order chi connectivity index (χ1) is 11.1. The third kappa shape index (κ3) is 5.61. The normalized spacial score (nSPS) is 16.1. The molecule has 136 valence electrons. The largest absolute Gasteiger partial charge is 0.494 e. The molecule has 0 unspecified atom stereocenters. The van der Waals surface area contributed by atoms with Gasteiger partial charge in [0.15, 0.2) is 11.6 Å². The number of carbonyl (C=O) groups is 1. The van der Waals surface area contributed by atoms with Gasteiger partial charge in [-0.1, -0.05) is 6.07 Å². The summed E-state index contributed by atoms with van der Waals surface area (Å²) in [5.74, 6) is -0.376. The van der Waals surface area contributed by atoms with Gasteiger partial charge in [-0.3, -0.25) is 4.79 Å². The maximum atomic E-state index is 13.7. The average molecular weight is 361 g/mol. The molecule has 1 heterocycles. The molecule has 5 nitrogen and oxygen atoms in total. The summed E-state index contributed by atoms with van der Waals surface area (Å²) >= 11 is 0. The number of carbonyl (C=O) groups excluding carboxylic acids is 1. The molecule has 24 heavy (non-hydrogen) atoms. The van der Waals surface area contributed by atoms with Crippen molar-refractivity contribution in [2.45, 2.75) is 19.3 Å². The number of halogens is 2. The van der Waals surface area contributed by atoms with Crippen molar-refractivity contribution in [3.05, 3.63) is 29.6 Å². The lowest BCUT2D eigenvalue weighted by atomic mass is 9.79. The van der Waals surface area contributed by atoms with Crippen molar-refractivity contribution < 1.29 is 18.7 Å². The van der Waals surface area contributed by atoms with Crippen LogP contribution in [0.4, 0.5) is 4.39 Å². The monoisotopic (exact) mass is 360 g/mol. The highest BCUT2D eigenvalue weighted by atomic mass is 35.5. The molecule has 1 fully saturated rings. The zero-order valence-corrected chi connectivity index (χ0v) is 15.0. The quantitative estimate of drug-likeness (QED) is 0.780. The second-order valence-electron chi connectivity index (χ2n) is 6.11. The predicted octanol–water partition coefficient (Wildman–Crippen LogP) is 1.93. The predicted molar refractivity (Wildman–Crippen MR) is 93.3 cm³/mol. The summed E-state index contributed by atoms with van der Waals surface area (Å²) in [6.07, 6.45) is 2.10. The van der Waals surface area contributed by atoms with Crippen molar-refractivity contribution in [2.24, 2.45) is 5.41 Å². The van der Waals surface area contributed by atoms with E-state index >= 15 is 0 Å². The fourth-order valence-corrected chi connectivity index (χ4v) is 2.99. The zero-order valence-electron chi connectivity index (χ0n) is 14.2. The van der Waals surface area contributed by atoms with Crippen LogP contribution in [-0.2, 0) is 16.0 Å². The van der Waals surface area contributed by atoms with Gasteiger partial charge in [-0.25, -0.2) is 4.39 Å². The number of ether oxygens (including phenoxy) is 2. The maximum absolute atomic E-state index is 13.7. The molecule has 1 aromatic carbocycles. The van der Waals surface area contributed by atoms with Crippen LogP contribution in [0.3, 0.4) is 0 Å². The highest BCUT2D eigenvalue weighted by molar-refractivity contribution is 5.85. The van der Waals surface area contributed by atoms with Crippen LogP contribution >= 0.6 is 12.4 Å². The Balaban J connectivity index is 0.00000288. The lowest BCUT2D eigenvalue weighted by Crippen LogP contribution is -2.47. The molecule has 0 radical (unpaired) electrons. The van der Waals surface area contributed by atoms with E-state index in [1.165, 1.54) is 19.2 Å². The number of rotatable bonds is 7. The van der Waals surface area contributed by atoms with E-state index in [2.05, 4.69) is 10.6 Å². The SMILES string of the molecule is COCC1(CNC(=O)Cc2ccc(OC)c(F)c2)CCNCC1.Cl. The minimum absolute atomic E-state index is 0. The van der Waals surface area contributed by atoms with Gasteiger partial charge in [0.1, 0.15) is 0 Å². The van der Waals surface area contributed by atoms with Gasteiger partial charge in [0.25, 0.3) is 0 Å². The molecule has 1 amide bonds. The highest BCUT2D eigenvalue weighted by Gasteiger charge is 2.32. The Morgan fingerprint density at radius 1 is 1.33 bits per heavy atom. The average Bonchev–Trinajstić information content (AvgIpc) is 2.54. The molecule has 0 aromatic heterocycles. The Morgan fingerprint density at radius 2 is 2.04 bits per heavy atom. The molecule has 1 aromatic rings. The molecule has 0 saturated carbocycles. The number of amides is 1. The summed E-state index contributed by atoms with van der Waals surface area (Å²) in [5.41, 5.74) is 0.618. The number of methoxy groups -OCH3 is 2. The smallest absolute Gasteiger partial charge is 0.224 e. The first kappa shape index (κ1) is 20.7. The van der Waals surface area contributed by atoms with Crippen LogP contribution in [0.2, 0.25) is 0 Å². The van der Waals surface area contributed by atoms with Crippen molar-refractivity contribution in [3.8, 4) is 5.75 Å². The molecule has 1 saturated heterocycles. The van der Waals surface area contributed by atoms with Gasteiger partial charge in [0.05, 0.1) is 20.1 Å². The van der Waals surface area contributed by atoms with Crippen molar-refractivity contribution >= 4 is 18.3 Å². The Morgan fingerprint density at radius 3 is 2.62 bits per heavy atom. The van der Waals surface area contributed by atoms with Crippen LogP contribution in [0.5, 0.6) is 5.75 Å². The zero-order chi connectivity index (χ0) is 16.7. The number of benzene rings is 1. The van der Waals surface area contributed by atoms with Crippen molar-refractivity contribution in [1.29, 1.82) is 0 Å². The fraction of sp³-hybridized carbons (Fsp3) is 0.588. The summed E-state index contributed by atoms with van der Waals surface area (Å²) in [7, 11) is 3.10. The molecule has 0 atom stereocenters. The Hall–Kier alpha value is -1.37. The van der Waals surface area contributed by atoms with E-state index in [1.807, 2.05) is 0 Å². The minimum Gasteiger partial charge on any atom is -0.494 e. The Bertz CT molecular complexity index is 531. The van der Waals surface area contributed by atoms with Gasteiger partial charge in [-0.15, -0.1) is 12.4 Å². The van der Waals surface area contributed by atoms with E-state index in [-0.39, 0.29) is 35.9 Å². The van der Waals surface area contributed by atoms with Gasteiger partial charge < -0.3 is 20.1 Å². The van der Waals surface area contributed by atoms with Crippen LogP contribution in [-0.4, -0.2) is 46.4 Å². The van der Waals surface area contributed by atoms with Crippen LogP contribution < -0.4 is 15.4 Å². The topological polar surface area (TPSA) is 59.6 Å². The van der Waals surface area contributed by atoms with E-state index in [1.54, 1.807) is 13.2 Å². The Kier molecular flexibility index (Phi) is 8.45. The van der Waals surface area contributed by atoms with E-state index in [0.717, 1.165) is 25.9 Å². The van der Waals surface area contributed by atoms with Crippen molar-refractivity contribution in [2.75, 3.05) is 40.5 Å². The molecular formula is C17H26ClFN2O3. The molecule has 1 aliphatic heterocycles. The third-order valence-electron chi connectivity index (χ3n) is 4.36. The highest BCUT2D eigenvalue weighted by Crippen LogP contribution is 2.28. The van der Waals surface area contributed by atoms with E-state index in [0.29, 0.717) is 18.7 Å². The summed E-state index contributed by atoms with van der Waals surface area (Å²) in [6.45, 7) is 3.08. The fourth-order valence-electron chi connectivity index (χ4n) is 2.99. The molecule has 1 aliphatic rings. The first-order valence-corrected chi connectivity index (χ1v) is 7.87. The minimum atomic E-state index is -0.452. The van der Waals surface area contributed by atoms with E-state index in [4.69, 9.17) is 9.47 Å². The third-order valence-corrected chi connectivity index (χ3v) is 4.36. The summed E-state index contributed by atoms with van der Waals surface area (Å²) in [6, 6.07) is 4.59. The lowest BCUT2D eigenvalue weighted by molar-refractivity contribution is -0.121. The summed E-state index contributed by atoms with van der Waals surface area (Å²) in [5, 5.41) is 6.29. The van der Waals surface area contributed by atoms with Crippen LogP contribution in [0.15, 0.2) is 18.2 Å². The number of hydrogen-bond donors (Lipinski definition) is 2. The molecule has 2 N–H and O–H groups in total. The standard InChI is InChI=1S/C17H25FN2O3.ClH/c1-22-12-17(5-7-19-8-6-17)11-20-16(21)10-13-3-4-15(23-2)14(18)9-13;/h3-4,9,19H,5-8,10-12H2,1-2H3,(H,20,21);1H. The second kappa shape index (κ2) is 9.81. The number of hydrogen-bond acceptors (Lipinski definition) is 4. The molecule has 0 aliphatic carbocycles. The van der Waals surface area contributed by atoms with Gasteiger partial charge in [0, 0.05) is 19.1 Å². The Labute approximate surface area is 148 Å². The second-order valence-corrected chi connectivity index (χ2v) is 6.11. The van der Waals surface area contributed by atoms with Gasteiger partial charge in [-0.2, -0.15) is 0 Å². The van der Waals surface area contributed by atoms with E-state index < -0.39 is 5.82 Å². The first-order valence-electron chi connectivity index (χ1n) is 7.87. The van der Waals surface area contributed by atoms with Crippen LogP contribution in [0.1, 0.15) is 18.4 Å². The van der Waals surface area contributed by atoms with Gasteiger partial charge in [-0.05, 0) is 43.6 Å². The summed E-state index contributed by atoms with van der Waals surface area (Å²) in [4.78, 5) is 12.1. The molecular weight excluding hydrogens is 335 g/mol. The molecule has 0 spiro atoms. The van der Waals surface area contributed by atoms with Crippen LogP contribution in [0.25, 0.3) is 0 Å². The van der Waals surface area contributed by atoms with Gasteiger partial charge in [0.2, 0.25) is 5.91 Å². The van der Waals surface area contributed by atoms with Gasteiger partial charge >= 0.3 is 0 Å². The van der Waals surface area contributed by atoms with Crippen LogP contribution in [0, 0.1) is 11.2 Å². The van der Waals surface area contributed by atoms with Crippen molar-refractivity contribution in [1.82, 2.24) is 10.6 Å². The lowest BCUT2D eigenvalue weighted by Gasteiger charge is -2.37. The van der Waals surface area contributed by atoms with Crippen molar-refractivity contribution in [3.63, 3.8) is 0 Å². The molecule has 7 heteroatoms. The molecule has 0 bridgehead atoms. The maximum Gasteiger partial charge on any atom is 0.224 e. The molecule has 2 rings (SSSR count). The number of nitrogens with one attached hydrogen (secondary N) is 2. The number of piperidine rings is 1. The summed E-state index contributed by atoms with van der Waals surface area (Å²) < 4.78 is 23.9. The van der Waals surface area contributed by atoms with E-state index in [9.17, 15) is 9.18 Å².